The highest BCUT2D eigenvalue weighted by molar-refractivity contribution is 6.09. The van der Waals surface area contributed by atoms with Gasteiger partial charge in [0, 0.05) is 31.7 Å². The molecule has 1 fully saturated rings. The van der Waals surface area contributed by atoms with Crippen LogP contribution in [0.4, 0.5) is 5.69 Å². The van der Waals surface area contributed by atoms with E-state index in [9.17, 15) is 9.59 Å². The Morgan fingerprint density at radius 3 is 1.67 bits per heavy atom. The van der Waals surface area contributed by atoms with Gasteiger partial charge in [-0.2, -0.15) is 0 Å². The van der Waals surface area contributed by atoms with E-state index < -0.39 is 0 Å². The first-order chi connectivity index (χ1) is 22.7. The summed E-state index contributed by atoms with van der Waals surface area (Å²) in [7, 11) is 0. The first-order valence-electron chi connectivity index (χ1n) is 15.6. The minimum Gasteiger partial charge on any atom is -0.490 e. The van der Waals surface area contributed by atoms with E-state index >= 15 is 0 Å². The van der Waals surface area contributed by atoms with Gasteiger partial charge in [0.15, 0.2) is 0 Å². The second kappa shape index (κ2) is 15.1. The lowest BCUT2D eigenvalue weighted by atomic mass is 9.96. The number of hydrogen-bond acceptors (Lipinski definition) is 5. The predicted molar refractivity (Wildman–Crippen MR) is 180 cm³/mol. The molecule has 0 bridgehead atoms. The zero-order valence-electron chi connectivity index (χ0n) is 25.6. The van der Waals surface area contributed by atoms with E-state index in [1.807, 2.05) is 59.5 Å². The number of carbonyl (C=O) groups excluding carboxylic acids is 2. The molecule has 232 valence electrons. The normalized spacial score (nSPS) is 13.3. The first-order valence-corrected chi connectivity index (χ1v) is 15.6. The molecule has 0 radical (unpaired) electrons. The second-order valence-electron chi connectivity index (χ2n) is 11.1. The van der Waals surface area contributed by atoms with Gasteiger partial charge in [0.1, 0.15) is 24.7 Å². The van der Waals surface area contributed by atoms with Crippen LogP contribution in [0, 0.1) is 0 Å². The van der Waals surface area contributed by atoms with Crippen molar-refractivity contribution in [1.29, 1.82) is 0 Å². The molecular weight excluding hydrogens is 574 g/mol. The summed E-state index contributed by atoms with van der Waals surface area (Å²) in [5.74, 6) is 1.05. The Bertz CT molecular complexity index is 1670. The molecule has 5 aromatic rings. The molecule has 46 heavy (non-hydrogen) atoms. The summed E-state index contributed by atoms with van der Waals surface area (Å²) in [6.45, 7) is 3.45. The van der Waals surface area contributed by atoms with Crippen molar-refractivity contribution in [3.05, 3.63) is 162 Å². The Hall–Kier alpha value is -5.40. The van der Waals surface area contributed by atoms with Crippen LogP contribution in [0.15, 0.2) is 140 Å². The van der Waals surface area contributed by atoms with Gasteiger partial charge in [-0.3, -0.25) is 14.5 Å². The maximum atomic E-state index is 13.7. The SMILES string of the molecule is O=C(Nc1ccccc1C(=O)N1CCN(C(c2ccccc2)c2ccccc2)CC1)c1ccc(OCCOc2ccccc2)cc1. The minimum absolute atomic E-state index is 0.0898. The highest BCUT2D eigenvalue weighted by atomic mass is 16.5. The molecule has 1 heterocycles. The van der Waals surface area contributed by atoms with Crippen molar-refractivity contribution in [2.24, 2.45) is 0 Å². The van der Waals surface area contributed by atoms with Gasteiger partial charge >= 0.3 is 0 Å². The number of hydrogen-bond donors (Lipinski definition) is 1. The molecule has 0 aromatic heterocycles. The van der Waals surface area contributed by atoms with Gasteiger partial charge < -0.3 is 19.7 Å². The summed E-state index contributed by atoms with van der Waals surface area (Å²) in [5, 5.41) is 2.95. The lowest BCUT2D eigenvalue weighted by molar-refractivity contribution is 0.0598. The number of nitrogens with one attached hydrogen (secondary N) is 1. The summed E-state index contributed by atoms with van der Waals surface area (Å²) in [4.78, 5) is 31.2. The number of piperazine rings is 1. The van der Waals surface area contributed by atoms with Crippen LogP contribution in [0.2, 0.25) is 0 Å². The van der Waals surface area contributed by atoms with Crippen LogP contribution in [0.1, 0.15) is 37.9 Å². The maximum absolute atomic E-state index is 13.7. The number of anilines is 1. The van der Waals surface area contributed by atoms with Gasteiger partial charge in [0.2, 0.25) is 0 Å². The molecule has 0 unspecified atom stereocenters. The molecule has 0 atom stereocenters. The van der Waals surface area contributed by atoms with E-state index in [4.69, 9.17) is 9.47 Å². The van der Waals surface area contributed by atoms with Crippen molar-refractivity contribution in [3.8, 4) is 11.5 Å². The van der Waals surface area contributed by atoms with Crippen molar-refractivity contribution in [2.45, 2.75) is 6.04 Å². The fraction of sp³-hybridized carbons (Fsp3) is 0.179. The van der Waals surface area contributed by atoms with E-state index in [1.54, 1.807) is 36.4 Å². The van der Waals surface area contributed by atoms with Crippen molar-refractivity contribution >= 4 is 17.5 Å². The van der Waals surface area contributed by atoms with E-state index in [0.717, 1.165) is 18.8 Å². The van der Waals surface area contributed by atoms with Crippen molar-refractivity contribution in [1.82, 2.24) is 9.80 Å². The predicted octanol–water partition coefficient (Wildman–Crippen LogP) is 6.94. The fourth-order valence-electron chi connectivity index (χ4n) is 5.75. The van der Waals surface area contributed by atoms with Gasteiger partial charge in [0.05, 0.1) is 17.3 Å². The number of ether oxygens (including phenoxy) is 2. The average molecular weight is 612 g/mol. The van der Waals surface area contributed by atoms with E-state index in [1.165, 1.54) is 11.1 Å². The number of amides is 2. The molecule has 1 saturated heterocycles. The molecule has 1 N–H and O–H groups in total. The minimum atomic E-state index is -0.294. The van der Waals surface area contributed by atoms with Crippen molar-refractivity contribution in [3.63, 3.8) is 0 Å². The highest BCUT2D eigenvalue weighted by Crippen LogP contribution is 2.30. The average Bonchev–Trinajstić information content (AvgIpc) is 3.12. The number of rotatable bonds is 11. The van der Waals surface area contributed by atoms with Crippen LogP contribution in [-0.2, 0) is 0 Å². The number of benzene rings is 5. The lowest BCUT2D eigenvalue weighted by Gasteiger charge is -2.40. The van der Waals surface area contributed by atoms with Crippen LogP contribution in [0.25, 0.3) is 0 Å². The Morgan fingerprint density at radius 1 is 0.587 bits per heavy atom. The molecular formula is C39H37N3O4. The lowest BCUT2D eigenvalue weighted by Crippen LogP contribution is -2.50. The third-order valence-electron chi connectivity index (χ3n) is 8.08. The van der Waals surface area contributed by atoms with Crippen molar-refractivity contribution in [2.75, 3.05) is 44.7 Å². The monoisotopic (exact) mass is 611 g/mol. The molecule has 0 saturated carbocycles. The van der Waals surface area contributed by atoms with Gasteiger partial charge in [-0.15, -0.1) is 0 Å². The molecule has 7 nitrogen and oxygen atoms in total. The molecule has 7 heteroatoms. The van der Waals surface area contributed by atoms with Gasteiger partial charge in [-0.1, -0.05) is 91.0 Å². The number of carbonyl (C=O) groups is 2. The third kappa shape index (κ3) is 7.62. The van der Waals surface area contributed by atoms with Gasteiger partial charge in [-0.25, -0.2) is 0 Å². The van der Waals surface area contributed by atoms with Crippen LogP contribution >= 0.6 is 0 Å². The second-order valence-corrected chi connectivity index (χ2v) is 11.1. The Kier molecular flexibility index (Phi) is 10.0. The Labute approximate surface area is 270 Å². The Balaban J connectivity index is 1.05. The molecule has 0 spiro atoms. The molecule has 1 aliphatic rings. The molecule has 6 rings (SSSR count). The molecule has 1 aliphatic heterocycles. The standard InChI is InChI=1S/C39H37N3O4/c43-38(32-20-22-34(23-21-32)46-29-28-45-33-16-8-3-9-17-33)40-36-19-11-10-18-35(36)39(44)42-26-24-41(25-27-42)37(30-12-4-1-5-13-30)31-14-6-2-7-15-31/h1-23,37H,24-29H2,(H,40,43). The quantitative estimate of drug-likeness (QED) is 0.164. The van der Waals surface area contributed by atoms with E-state index in [-0.39, 0.29) is 17.9 Å². The maximum Gasteiger partial charge on any atom is 0.256 e. The smallest absolute Gasteiger partial charge is 0.256 e. The summed E-state index contributed by atoms with van der Waals surface area (Å²) in [6, 6.07) is 44.8. The largest absolute Gasteiger partial charge is 0.490 e. The molecule has 5 aromatic carbocycles. The van der Waals surface area contributed by atoms with Crippen LogP contribution < -0.4 is 14.8 Å². The van der Waals surface area contributed by atoms with Crippen LogP contribution in [0.5, 0.6) is 11.5 Å². The first kappa shape index (κ1) is 30.6. The summed E-state index contributed by atoms with van der Waals surface area (Å²) < 4.78 is 11.4. The van der Waals surface area contributed by atoms with Crippen LogP contribution in [0.3, 0.4) is 0 Å². The Morgan fingerprint density at radius 2 is 1.09 bits per heavy atom. The zero-order valence-corrected chi connectivity index (χ0v) is 25.6. The van der Waals surface area contributed by atoms with E-state index in [0.29, 0.717) is 48.9 Å². The number of nitrogens with zero attached hydrogens (tertiary/aromatic N) is 2. The zero-order chi connectivity index (χ0) is 31.6. The third-order valence-corrected chi connectivity index (χ3v) is 8.08. The number of para-hydroxylation sites is 2. The molecule has 0 aliphatic carbocycles. The van der Waals surface area contributed by atoms with Gasteiger partial charge in [0.25, 0.3) is 11.8 Å². The van der Waals surface area contributed by atoms with Gasteiger partial charge in [-0.05, 0) is 59.7 Å². The summed E-state index contributed by atoms with van der Waals surface area (Å²) >= 11 is 0. The fourth-order valence-corrected chi connectivity index (χ4v) is 5.75. The molecule has 2 amide bonds. The topological polar surface area (TPSA) is 71.1 Å². The highest BCUT2D eigenvalue weighted by Gasteiger charge is 2.29. The summed E-state index contributed by atoms with van der Waals surface area (Å²) in [5.41, 5.74) is 3.91. The van der Waals surface area contributed by atoms with E-state index in [2.05, 4.69) is 58.7 Å². The summed E-state index contributed by atoms with van der Waals surface area (Å²) in [6.07, 6.45) is 0. The van der Waals surface area contributed by atoms with Crippen LogP contribution in [-0.4, -0.2) is 61.0 Å². The van der Waals surface area contributed by atoms with Crippen molar-refractivity contribution < 1.29 is 19.1 Å².